The highest BCUT2D eigenvalue weighted by Crippen LogP contribution is 2.43. The standard InChI is InChI=1S/C63H126NO8P/c1-3-5-7-9-11-13-15-17-18-19-20-21-22-23-24-25-26-27-28-29-30-31-32-33-34-35-36-37-38-39-40-41-42-44-46-48-50-52-54-56-63(66)72-61(60-71-73(67,68)70-58-57-64)59-69-62(65)55-53-51-49-47-45-43-16-14-12-10-8-6-4-2/h61H,3-60,64H2,1-2H3,(H,67,68). The van der Waals surface area contributed by atoms with Crippen molar-refractivity contribution in [3.8, 4) is 0 Å². The van der Waals surface area contributed by atoms with Crippen LogP contribution < -0.4 is 5.73 Å². The molecule has 2 unspecified atom stereocenters. The lowest BCUT2D eigenvalue weighted by molar-refractivity contribution is -0.161. The van der Waals surface area contributed by atoms with Crippen molar-refractivity contribution in [3.05, 3.63) is 0 Å². The number of carbonyl (C=O) groups is 2. The maximum Gasteiger partial charge on any atom is 0.472 e. The Bertz CT molecular complexity index is 1160. The molecule has 9 nitrogen and oxygen atoms in total. The number of carbonyl (C=O) groups excluding carboxylic acids is 2. The van der Waals surface area contributed by atoms with Crippen LogP contribution in [0.4, 0.5) is 0 Å². The maximum absolute atomic E-state index is 12.7. The van der Waals surface area contributed by atoms with Crippen LogP contribution in [0, 0.1) is 0 Å². The Morgan fingerprint density at radius 2 is 0.589 bits per heavy atom. The van der Waals surface area contributed by atoms with Crippen LogP contribution in [-0.4, -0.2) is 49.3 Å². The predicted molar refractivity (Wildman–Crippen MR) is 312 cm³/mol. The highest BCUT2D eigenvalue weighted by atomic mass is 31.2. The number of nitrogens with two attached hydrogens (primary N) is 1. The molecule has 0 aliphatic heterocycles. The van der Waals surface area contributed by atoms with Crippen LogP contribution in [0.25, 0.3) is 0 Å². The molecule has 10 heteroatoms. The van der Waals surface area contributed by atoms with Gasteiger partial charge in [0.05, 0.1) is 13.2 Å². The van der Waals surface area contributed by atoms with Gasteiger partial charge in [-0.05, 0) is 12.8 Å². The second-order valence-electron chi connectivity index (χ2n) is 22.4. The molecule has 0 heterocycles. The van der Waals surface area contributed by atoms with Gasteiger partial charge in [-0.1, -0.05) is 335 Å². The number of hydrogen-bond donors (Lipinski definition) is 2. The van der Waals surface area contributed by atoms with Gasteiger partial charge in [0, 0.05) is 19.4 Å². The van der Waals surface area contributed by atoms with E-state index in [1.54, 1.807) is 0 Å². The summed E-state index contributed by atoms with van der Waals surface area (Å²) in [6.45, 7) is 3.81. The molecule has 0 aromatic heterocycles. The van der Waals surface area contributed by atoms with Crippen molar-refractivity contribution in [2.75, 3.05) is 26.4 Å². The first-order chi connectivity index (χ1) is 35.8. The Morgan fingerprint density at radius 3 is 0.836 bits per heavy atom. The predicted octanol–water partition coefficient (Wildman–Crippen LogP) is 20.6. The SMILES string of the molecule is CCCCCCCCCCCCCCCCCCCCCCCCCCCCCCCCCCCCCCCCCC(=O)OC(COC(=O)CCCCCCCCCCCCCCC)COP(=O)(O)OCCN. The van der Waals surface area contributed by atoms with Crippen molar-refractivity contribution in [2.45, 2.75) is 367 Å². The Morgan fingerprint density at radius 1 is 0.356 bits per heavy atom. The lowest BCUT2D eigenvalue weighted by Crippen LogP contribution is -2.29. The fourth-order valence-electron chi connectivity index (χ4n) is 10.2. The third-order valence-electron chi connectivity index (χ3n) is 15.0. The molecule has 0 saturated carbocycles. The van der Waals surface area contributed by atoms with Gasteiger partial charge >= 0.3 is 19.8 Å². The fraction of sp³-hybridized carbons (Fsp3) is 0.968. The quantitative estimate of drug-likeness (QED) is 0.0347. The number of ether oxygens (including phenoxy) is 2. The Balaban J connectivity index is 3.68. The number of rotatable bonds is 63. The number of esters is 2. The van der Waals surface area contributed by atoms with Gasteiger partial charge in [0.25, 0.3) is 0 Å². The molecule has 0 bridgehead atoms. The molecule has 0 aromatic carbocycles. The van der Waals surface area contributed by atoms with Crippen molar-refractivity contribution in [3.63, 3.8) is 0 Å². The van der Waals surface area contributed by atoms with Gasteiger partial charge in [0.15, 0.2) is 6.10 Å². The van der Waals surface area contributed by atoms with E-state index in [-0.39, 0.29) is 38.6 Å². The summed E-state index contributed by atoms with van der Waals surface area (Å²) < 4.78 is 33.0. The van der Waals surface area contributed by atoms with Crippen LogP contribution in [-0.2, 0) is 32.7 Å². The molecule has 0 aliphatic carbocycles. The van der Waals surface area contributed by atoms with Crippen LogP contribution in [0.5, 0.6) is 0 Å². The number of unbranched alkanes of at least 4 members (excludes halogenated alkanes) is 50. The van der Waals surface area contributed by atoms with E-state index < -0.39 is 26.5 Å². The molecule has 0 saturated heterocycles. The first-order valence-electron chi connectivity index (χ1n) is 32.5. The summed E-state index contributed by atoms with van der Waals surface area (Å²) in [7, 11) is -4.38. The van der Waals surface area contributed by atoms with Crippen LogP contribution in [0.3, 0.4) is 0 Å². The first kappa shape index (κ1) is 72.0. The van der Waals surface area contributed by atoms with Crippen molar-refractivity contribution < 1.29 is 37.6 Å². The minimum atomic E-state index is -4.38. The van der Waals surface area contributed by atoms with E-state index in [0.29, 0.717) is 6.42 Å². The Labute approximate surface area is 454 Å². The summed E-state index contributed by atoms with van der Waals surface area (Å²) in [6.07, 6.45) is 69.3. The van der Waals surface area contributed by atoms with E-state index in [4.69, 9.17) is 24.3 Å². The molecule has 3 N–H and O–H groups in total. The normalized spacial score (nSPS) is 12.9. The maximum atomic E-state index is 12.7. The summed E-state index contributed by atoms with van der Waals surface area (Å²) in [5, 5.41) is 0. The molecular formula is C63H126NO8P. The summed E-state index contributed by atoms with van der Waals surface area (Å²) in [5.74, 6) is -0.805. The third-order valence-corrected chi connectivity index (χ3v) is 16.0. The highest BCUT2D eigenvalue weighted by molar-refractivity contribution is 7.47. The zero-order valence-corrected chi connectivity index (χ0v) is 49.8. The van der Waals surface area contributed by atoms with Crippen LogP contribution in [0.15, 0.2) is 0 Å². The van der Waals surface area contributed by atoms with E-state index >= 15 is 0 Å². The van der Waals surface area contributed by atoms with E-state index in [9.17, 15) is 19.0 Å². The molecule has 0 rings (SSSR count). The van der Waals surface area contributed by atoms with Crippen molar-refractivity contribution >= 4 is 19.8 Å². The van der Waals surface area contributed by atoms with E-state index in [2.05, 4.69) is 13.8 Å². The van der Waals surface area contributed by atoms with Gasteiger partial charge in [0.1, 0.15) is 6.61 Å². The molecule has 0 amide bonds. The van der Waals surface area contributed by atoms with E-state index in [1.807, 2.05) is 0 Å². The van der Waals surface area contributed by atoms with E-state index in [1.165, 1.54) is 295 Å². The third kappa shape index (κ3) is 60.1. The Hall–Kier alpha value is -0.990. The van der Waals surface area contributed by atoms with Gasteiger partial charge < -0.3 is 20.1 Å². The van der Waals surface area contributed by atoms with Gasteiger partial charge in [-0.15, -0.1) is 0 Å². The summed E-state index contributed by atoms with van der Waals surface area (Å²) >= 11 is 0. The lowest BCUT2D eigenvalue weighted by atomic mass is 10.0. The van der Waals surface area contributed by atoms with Crippen LogP contribution >= 0.6 is 7.82 Å². The lowest BCUT2D eigenvalue weighted by Gasteiger charge is -2.19. The molecule has 0 aromatic rings. The van der Waals surface area contributed by atoms with Crippen molar-refractivity contribution in [2.24, 2.45) is 5.73 Å². The average molecular weight is 1060 g/mol. The minimum Gasteiger partial charge on any atom is -0.462 e. The Kier molecular flexibility index (Phi) is 59.4. The molecule has 0 aliphatic rings. The van der Waals surface area contributed by atoms with Crippen molar-refractivity contribution in [1.29, 1.82) is 0 Å². The van der Waals surface area contributed by atoms with Gasteiger partial charge in [0.2, 0.25) is 0 Å². The number of phosphoric ester groups is 1. The second-order valence-corrected chi connectivity index (χ2v) is 23.8. The fourth-order valence-corrected chi connectivity index (χ4v) is 10.9. The molecule has 0 spiro atoms. The van der Waals surface area contributed by atoms with Crippen LogP contribution in [0.1, 0.15) is 361 Å². The number of hydrogen-bond acceptors (Lipinski definition) is 8. The van der Waals surface area contributed by atoms with Gasteiger partial charge in [-0.2, -0.15) is 0 Å². The molecule has 0 radical (unpaired) electrons. The smallest absolute Gasteiger partial charge is 0.462 e. The molecular weight excluding hydrogens is 930 g/mol. The largest absolute Gasteiger partial charge is 0.472 e. The zero-order chi connectivity index (χ0) is 53.1. The summed E-state index contributed by atoms with van der Waals surface area (Å²) in [4.78, 5) is 35.1. The monoisotopic (exact) mass is 1060 g/mol. The van der Waals surface area contributed by atoms with Gasteiger partial charge in [-0.3, -0.25) is 18.6 Å². The summed E-state index contributed by atoms with van der Waals surface area (Å²) in [5.41, 5.74) is 5.38. The van der Waals surface area contributed by atoms with Crippen LogP contribution in [0.2, 0.25) is 0 Å². The summed E-state index contributed by atoms with van der Waals surface area (Å²) in [6, 6.07) is 0. The molecule has 436 valence electrons. The average Bonchev–Trinajstić information content (AvgIpc) is 3.38. The topological polar surface area (TPSA) is 134 Å². The van der Waals surface area contributed by atoms with Crippen molar-refractivity contribution in [1.82, 2.24) is 0 Å². The molecule has 2 atom stereocenters. The highest BCUT2D eigenvalue weighted by Gasteiger charge is 2.26. The number of phosphoric acid groups is 1. The second kappa shape index (κ2) is 60.2. The minimum absolute atomic E-state index is 0.0585. The first-order valence-corrected chi connectivity index (χ1v) is 34.0. The van der Waals surface area contributed by atoms with E-state index in [0.717, 1.165) is 32.1 Å². The van der Waals surface area contributed by atoms with Gasteiger partial charge in [-0.25, -0.2) is 4.57 Å². The molecule has 73 heavy (non-hydrogen) atoms. The zero-order valence-electron chi connectivity index (χ0n) is 48.9. The molecule has 0 fully saturated rings.